The number of nitrogens with zero attached hydrogens (tertiary/aromatic N) is 4. The third-order valence-corrected chi connectivity index (χ3v) is 4.90. The van der Waals surface area contributed by atoms with Crippen molar-refractivity contribution in [2.24, 2.45) is 10.9 Å². The molecule has 2 aliphatic rings. The van der Waals surface area contributed by atoms with Gasteiger partial charge in [0.05, 0.1) is 11.8 Å². The van der Waals surface area contributed by atoms with Crippen LogP contribution in [0.3, 0.4) is 0 Å². The van der Waals surface area contributed by atoms with Crippen LogP contribution in [0.5, 0.6) is 0 Å². The Labute approximate surface area is 137 Å². The maximum atomic E-state index is 9.93. The van der Waals surface area contributed by atoms with Crippen LogP contribution in [0.15, 0.2) is 21.8 Å². The van der Waals surface area contributed by atoms with Crippen molar-refractivity contribution >= 4 is 5.96 Å². The molecular weight excluding hydrogens is 294 g/mol. The predicted molar refractivity (Wildman–Crippen MR) is 88.1 cm³/mol. The van der Waals surface area contributed by atoms with Crippen molar-refractivity contribution in [1.82, 2.24) is 20.3 Å². The highest BCUT2D eigenvalue weighted by atomic mass is 16.5. The molecule has 0 aromatic carbocycles. The van der Waals surface area contributed by atoms with E-state index >= 15 is 0 Å². The summed E-state index contributed by atoms with van der Waals surface area (Å²) >= 11 is 0. The lowest BCUT2D eigenvalue weighted by atomic mass is 10.1. The number of aromatic nitrogens is 1. The van der Waals surface area contributed by atoms with Crippen molar-refractivity contribution in [3.8, 4) is 0 Å². The largest absolute Gasteiger partial charge is 0.393 e. The maximum absolute atomic E-state index is 9.93. The SMILES string of the molecule is CN=C(NCC1CCCC1O)N1CCN(Cc2ccon2)CC1. The predicted octanol–water partition coefficient (Wildman–Crippen LogP) is 0.529. The molecule has 7 nitrogen and oxygen atoms in total. The highest BCUT2D eigenvalue weighted by Gasteiger charge is 2.26. The zero-order valence-electron chi connectivity index (χ0n) is 13.8. The van der Waals surface area contributed by atoms with Gasteiger partial charge in [-0.05, 0) is 12.8 Å². The van der Waals surface area contributed by atoms with Crippen LogP contribution in [0.2, 0.25) is 0 Å². The number of piperazine rings is 1. The third kappa shape index (κ3) is 4.23. The van der Waals surface area contributed by atoms with Gasteiger partial charge < -0.3 is 19.8 Å². The number of rotatable bonds is 4. The second-order valence-electron chi connectivity index (χ2n) is 6.44. The van der Waals surface area contributed by atoms with Crippen molar-refractivity contribution in [1.29, 1.82) is 0 Å². The van der Waals surface area contributed by atoms with Crippen molar-refractivity contribution in [2.75, 3.05) is 39.8 Å². The van der Waals surface area contributed by atoms with Crippen LogP contribution in [0, 0.1) is 5.92 Å². The first kappa shape index (κ1) is 16.3. The highest BCUT2D eigenvalue weighted by Crippen LogP contribution is 2.24. The van der Waals surface area contributed by atoms with E-state index in [0.29, 0.717) is 5.92 Å². The van der Waals surface area contributed by atoms with Crippen LogP contribution in [0.25, 0.3) is 0 Å². The van der Waals surface area contributed by atoms with E-state index in [4.69, 9.17) is 4.52 Å². The zero-order chi connectivity index (χ0) is 16.1. The molecule has 1 aliphatic heterocycles. The molecule has 1 saturated heterocycles. The van der Waals surface area contributed by atoms with Crippen molar-refractivity contribution in [3.05, 3.63) is 18.0 Å². The molecule has 1 aliphatic carbocycles. The molecule has 0 spiro atoms. The molecule has 2 heterocycles. The molecule has 128 valence electrons. The first-order valence-corrected chi connectivity index (χ1v) is 8.51. The summed E-state index contributed by atoms with van der Waals surface area (Å²) in [5.41, 5.74) is 0.983. The Morgan fingerprint density at radius 2 is 2.22 bits per heavy atom. The van der Waals surface area contributed by atoms with Crippen molar-refractivity contribution in [3.63, 3.8) is 0 Å². The van der Waals surface area contributed by atoms with E-state index in [1.54, 1.807) is 6.26 Å². The molecule has 3 rings (SSSR count). The van der Waals surface area contributed by atoms with Crippen molar-refractivity contribution in [2.45, 2.75) is 31.9 Å². The van der Waals surface area contributed by atoms with Crippen LogP contribution in [0.4, 0.5) is 0 Å². The normalized spacial score (nSPS) is 26.7. The Morgan fingerprint density at radius 1 is 1.39 bits per heavy atom. The smallest absolute Gasteiger partial charge is 0.193 e. The number of hydrogen-bond acceptors (Lipinski definition) is 5. The van der Waals surface area contributed by atoms with E-state index in [9.17, 15) is 5.11 Å². The van der Waals surface area contributed by atoms with E-state index in [1.807, 2.05) is 13.1 Å². The number of guanidine groups is 1. The lowest BCUT2D eigenvalue weighted by Crippen LogP contribution is -2.53. The quantitative estimate of drug-likeness (QED) is 0.622. The summed E-state index contributed by atoms with van der Waals surface area (Å²) in [7, 11) is 1.83. The summed E-state index contributed by atoms with van der Waals surface area (Å²) in [6, 6.07) is 1.92. The molecule has 1 aromatic heterocycles. The fourth-order valence-corrected chi connectivity index (χ4v) is 3.48. The average Bonchev–Trinajstić information content (AvgIpc) is 3.21. The monoisotopic (exact) mass is 321 g/mol. The molecule has 1 aromatic rings. The topological polar surface area (TPSA) is 77.1 Å². The minimum Gasteiger partial charge on any atom is -0.393 e. The highest BCUT2D eigenvalue weighted by molar-refractivity contribution is 5.80. The molecular formula is C16H27N5O2. The number of aliphatic imine (C=N–C) groups is 1. The molecule has 2 atom stereocenters. The average molecular weight is 321 g/mol. The number of aliphatic hydroxyl groups is 1. The number of nitrogens with one attached hydrogen (secondary N) is 1. The Bertz CT molecular complexity index is 497. The second kappa shape index (κ2) is 7.79. The lowest BCUT2D eigenvalue weighted by molar-refractivity contribution is 0.132. The summed E-state index contributed by atoms with van der Waals surface area (Å²) in [5.74, 6) is 1.31. The van der Waals surface area contributed by atoms with Gasteiger partial charge in [-0.1, -0.05) is 11.6 Å². The molecule has 2 N–H and O–H groups in total. The van der Waals surface area contributed by atoms with Gasteiger partial charge in [0, 0.05) is 58.3 Å². The van der Waals surface area contributed by atoms with Gasteiger partial charge in [-0.3, -0.25) is 9.89 Å². The van der Waals surface area contributed by atoms with Gasteiger partial charge in [0.1, 0.15) is 6.26 Å². The van der Waals surface area contributed by atoms with Gasteiger partial charge >= 0.3 is 0 Å². The van der Waals surface area contributed by atoms with E-state index in [0.717, 1.165) is 70.2 Å². The van der Waals surface area contributed by atoms with E-state index in [1.165, 1.54) is 0 Å². The Kier molecular flexibility index (Phi) is 5.51. The van der Waals surface area contributed by atoms with Gasteiger partial charge in [-0.15, -0.1) is 0 Å². The molecule has 23 heavy (non-hydrogen) atoms. The minimum atomic E-state index is -0.153. The second-order valence-corrected chi connectivity index (χ2v) is 6.44. The molecule has 0 amide bonds. The summed E-state index contributed by atoms with van der Waals surface area (Å²) < 4.78 is 4.89. The Morgan fingerprint density at radius 3 is 2.83 bits per heavy atom. The van der Waals surface area contributed by atoms with Crippen LogP contribution in [0.1, 0.15) is 25.0 Å². The van der Waals surface area contributed by atoms with Gasteiger partial charge in [-0.2, -0.15) is 0 Å². The molecule has 1 saturated carbocycles. The Balaban J connectivity index is 1.43. The summed E-state index contributed by atoms with van der Waals surface area (Å²) in [6.45, 7) is 5.52. The van der Waals surface area contributed by atoms with Crippen LogP contribution in [-0.2, 0) is 6.54 Å². The van der Waals surface area contributed by atoms with Gasteiger partial charge in [0.2, 0.25) is 0 Å². The maximum Gasteiger partial charge on any atom is 0.193 e. The summed E-state index contributed by atoms with van der Waals surface area (Å²) in [5, 5.41) is 17.3. The standard InChI is InChI=1S/C16H27N5O2/c1-17-16(18-11-13-3-2-4-15(13)22)21-8-6-20(7-9-21)12-14-5-10-23-19-14/h5,10,13,15,22H,2-4,6-9,11-12H2,1H3,(H,17,18). The minimum absolute atomic E-state index is 0.153. The number of aliphatic hydroxyl groups excluding tert-OH is 1. The summed E-state index contributed by atoms with van der Waals surface area (Å²) in [4.78, 5) is 9.07. The molecule has 0 radical (unpaired) electrons. The van der Waals surface area contributed by atoms with Crippen LogP contribution >= 0.6 is 0 Å². The fourth-order valence-electron chi connectivity index (χ4n) is 3.48. The molecule has 2 unspecified atom stereocenters. The summed E-state index contributed by atoms with van der Waals surface area (Å²) in [6.07, 6.45) is 4.64. The van der Waals surface area contributed by atoms with Crippen LogP contribution in [-0.4, -0.2) is 71.9 Å². The molecule has 2 fully saturated rings. The number of hydrogen-bond donors (Lipinski definition) is 2. The van der Waals surface area contributed by atoms with Crippen LogP contribution < -0.4 is 5.32 Å². The fraction of sp³-hybridized carbons (Fsp3) is 0.750. The van der Waals surface area contributed by atoms with Crippen molar-refractivity contribution < 1.29 is 9.63 Å². The van der Waals surface area contributed by atoms with E-state index < -0.39 is 0 Å². The first-order chi connectivity index (χ1) is 11.3. The third-order valence-electron chi connectivity index (χ3n) is 4.90. The Hall–Kier alpha value is -1.60. The molecule has 0 bridgehead atoms. The van der Waals surface area contributed by atoms with E-state index in [2.05, 4.69) is 25.3 Å². The van der Waals surface area contributed by atoms with Gasteiger partial charge in [0.25, 0.3) is 0 Å². The lowest BCUT2D eigenvalue weighted by Gasteiger charge is -2.36. The zero-order valence-corrected chi connectivity index (χ0v) is 13.8. The van der Waals surface area contributed by atoms with Gasteiger partial charge in [0.15, 0.2) is 5.96 Å². The first-order valence-electron chi connectivity index (χ1n) is 8.51. The van der Waals surface area contributed by atoms with Gasteiger partial charge in [-0.25, -0.2) is 0 Å². The van der Waals surface area contributed by atoms with E-state index in [-0.39, 0.29) is 6.10 Å². The molecule has 7 heteroatoms.